The summed E-state index contributed by atoms with van der Waals surface area (Å²) in [6.07, 6.45) is 1.68. The molecule has 0 saturated carbocycles. The Bertz CT molecular complexity index is 864. The normalized spacial score (nSPS) is 13.4. The molecule has 1 aromatic carbocycles. The van der Waals surface area contributed by atoms with E-state index in [9.17, 15) is 9.59 Å². The molecule has 2 heterocycles. The van der Waals surface area contributed by atoms with Crippen LogP contribution in [0.4, 0.5) is 9.93 Å². The average molecular weight is 432 g/mol. The highest BCUT2D eigenvalue weighted by Crippen LogP contribution is 2.21. The number of thiazole rings is 1. The quantitative estimate of drug-likeness (QED) is 0.515. The van der Waals surface area contributed by atoms with Crippen LogP contribution in [0.15, 0.2) is 42.3 Å². The van der Waals surface area contributed by atoms with Crippen LogP contribution in [0.2, 0.25) is 0 Å². The van der Waals surface area contributed by atoms with Gasteiger partial charge in [0.2, 0.25) is 0 Å². The van der Waals surface area contributed by atoms with Crippen molar-refractivity contribution in [1.29, 1.82) is 0 Å². The Morgan fingerprint density at radius 3 is 2.73 bits per heavy atom. The van der Waals surface area contributed by atoms with E-state index in [2.05, 4.69) is 27.3 Å². The van der Waals surface area contributed by atoms with E-state index in [1.807, 2.05) is 24.3 Å². The summed E-state index contributed by atoms with van der Waals surface area (Å²) in [7, 11) is 1.64. The summed E-state index contributed by atoms with van der Waals surface area (Å²) in [5.41, 5.74) is 6.01. The van der Waals surface area contributed by atoms with Gasteiger partial charge in [-0.05, 0) is 17.7 Å². The summed E-state index contributed by atoms with van der Waals surface area (Å²) in [6, 6.07) is 6.99. The highest BCUT2D eigenvalue weighted by Gasteiger charge is 2.18. The fourth-order valence-electron chi connectivity index (χ4n) is 2.73. The standard InChI is InChI=1S/C20H25N5O4S/c1-3-10-29-16-6-4-15(5-7-16)13-24(2)19(27)23-22-18(26)17-14-30-20(21-17)25-8-11-28-12-9-25/h3-7,14H,1,8-13H2,2H3,(H,22,26)(H,23,27). The lowest BCUT2D eigenvalue weighted by Crippen LogP contribution is -2.47. The van der Waals surface area contributed by atoms with Crippen molar-refractivity contribution >= 4 is 28.4 Å². The number of morpholine rings is 1. The highest BCUT2D eigenvalue weighted by atomic mass is 32.1. The van der Waals surface area contributed by atoms with Gasteiger partial charge in [-0.15, -0.1) is 11.3 Å². The first-order chi connectivity index (χ1) is 14.6. The summed E-state index contributed by atoms with van der Waals surface area (Å²) >= 11 is 1.39. The Hall–Kier alpha value is -3.11. The van der Waals surface area contributed by atoms with Crippen molar-refractivity contribution in [3.8, 4) is 5.75 Å². The van der Waals surface area contributed by atoms with Crippen LogP contribution in [0.5, 0.6) is 5.75 Å². The molecule has 1 aromatic heterocycles. The molecule has 0 bridgehead atoms. The molecule has 0 spiro atoms. The van der Waals surface area contributed by atoms with E-state index in [4.69, 9.17) is 9.47 Å². The number of benzene rings is 1. The molecule has 0 aliphatic carbocycles. The molecule has 3 amide bonds. The van der Waals surface area contributed by atoms with Gasteiger partial charge in [-0.2, -0.15) is 0 Å². The van der Waals surface area contributed by atoms with Gasteiger partial charge in [0, 0.05) is 32.1 Å². The second-order valence-corrected chi connectivity index (χ2v) is 7.44. The maximum Gasteiger partial charge on any atom is 0.336 e. The molecule has 10 heteroatoms. The minimum absolute atomic E-state index is 0.263. The van der Waals surface area contributed by atoms with E-state index in [1.54, 1.807) is 18.5 Å². The third kappa shape index (κ3) is 5.94. The van der Waals surface area contributed by atoms with E-state index in [-0.39, 0.29) is 5.69 Å². The fourth-order valence-corrected chi connectivity index (χ4v) is 3.59. The Morgan fingerprint density at radius 1 is 1.30 bits per heavy atom. The van der Waals surface area contributed by atoms with Crippen molar-refractivity contribution < 1.29 is 19.1 Å². The molecule has 2 N–H and O–H groups in total. The largest absolute Gasteiger partial charge is 0.490 e. The maximum absolute atomic E-state index is 12.3. The molecule has 2 aromatic rings. The average Bonchev–Trinajstić information content (AvgIpc) is 3.28. The molecule has 3 rings (SSSR count). The number of aromatic nitrogens is 1. The van der Waals surface area contributed by atoms with Crippen molar-refractivity contribution in [2.24, 2.45) is 0 Å². The Morgan fingerprint density at radius 2 is 2.03 bits per heavy atom. The van der Waals surface area contributed by atoms with Gasteiger partial charge >= 0.3 is 6.03 Å². The summed E-state index contributed by atoms with van der Waals surface area (Å²) in [6.45, 7) is 7.21. The van der Waals surface area contributed by atoms with Crippen LogP contribution in [-0.4, -0.2) is 61.8 Å². The number of hydrogen-bond donors (Lipinski definition) is 2. The number of nitrogens with zero attached hydrogens (tertiary/aromatic N) is 3. The molecule has 1 aliphatic rings. The first kappa shape index (κ1) is 21.6. The topological polar surface area (TPSA) is 96.0 Å². The van der Waals surface area contributed by atoms with E-state index in [1.165, 1.54) is 16.2 Å². The number of nitrogens with one attached hydrogen (secondary N) is 2. The Kier molecular flexibility index (Phi) is 7.63. The first-order valence-corrected chi connectivity index (χ1v) is 10.4. The van der Waals surface area contributed by atoms with Crippen molar-refractivity contribution in [1.82, 2.24) is 20.7 Å². The molecule has 30 heavy (non-hydrogen) atoms. The monoisotopic (exact) mass is 431 g/mol. The number of carbonyl (C=O) groups excluding carboxylic acids is 2. The zero-order valence-corrected chi connectivity index (χ0v) is 17.6. The molecule has 1 aliphatic heterocycles. The predicted molar refractivity (Wildman–Crippen MR) is 115 cm³/mol. The predicted octanol–water partition coefficient (Wildman–Crippen LogP) is 2.03. The van der Waals surface area contributed by atoms with Crippen LogP contribution >= 0.6 is 11.3 Å². The maximum atomic E-state index is 12.3. The van der Waals surface area contributed by atoms with Gasteiger partial charge in [-0.25, -0.2) is 15.2 Å². The first-order valence-electron chi connectivity index (χ1n) is 9.49. The highest BCUT2D eigenvalue weighted by molar-refractivity contribution is 7.13. The molecular weight excluding hydrogens is 406 g/mol. The van der Waals surface area contributed by atoms with E-state index in [0.717, 1.165) is 29.5 Å². The zero-order chi connectivity index (χ0) is 21.3. The molecule has 1 saturated heterocycles. The van der Waals surface area contributed by atoms with Crippen LogP contribution < -0.4 is 20.5 Å². The lowest BCUT2D eigenvalue weighted by atomic mass is 10.2. The van der Waals surface area contributed by atoms with E-state index < -0.39 is 11.9 Å². The van der Waals surface area contributed by atoms with Crippen LogP contribution in [0.3, 0.4) is 0 Å². The van der Waals surface area contributed by atoms with Gasteiger partial charge in [-0.1, -0.05) is 24.8 Å². The molecule has 0 atom stereocenters. The van der Waals surface area contributed by atoms with Crippen LogP contribution in [0.25, 0.3) is 0 Å². The Balaban J connectivity index is 1.45. The molecule has 0 unspecified atom stereocenters. The van der Waals surface area contributed by atoms with Gasteiger partial charge in [0.25, 0.3) is 5.91 Å². The minimum atomic E-state index is -0.462. The lowest BCUT2D eigenvalue weighted by molar-refractivity contribution is 0.0927. The summed E-state index contributed by atoms with van der Waals surface area (Å²) in [5.74, 6) is 0.272. The molecule has 160 valence electrons. The van der Waals surface area contributed by atoms with Gasteiger partial charge in [0.15, 0.2) is 5.13 Å². The third-order valence-electron chi connectivity index (χ3n) is 4.35. The van der Waals surface area contributed by atoms with Crippen LogP contribution in [0.1, 0.15) is 16.1 Å². The van der Waals surface area contributed by atoms with Crippen molar-refractivity contribution in [2.45, 2.75) is 6.54 Å². The minimum Gasteiger partial charge on any atom is -0.490 e. The van der Waals surface area contributed by atoms with Gasteiger partial charge < -0.3 is 19.3 Å². The summed E-state index contributed by atoms with van der Waals surface area (Å²) < 4.78 is 10.8. The third-order valence-corrected chi connectivity index (χ3v) is 5.25. The van der Waals surface area contributed by atoms with Crippen molar-refractivity contribution in [3.05, 3.63) is 53.6 Å². The number of rotatable bonds is 7. The Labute approximate surface area is 179 Å². The SMILES string of the molecule is C=CCOc1ccc(CN(C)C(=O)NNC(=O)c2csc(N3CCOCC3)n2)cc1. The number of ether oxygens (including phenoxy) is 2. The van der Waals surface area contributed by atoms with Crippen molar-refractivity contribution in [2.75, 3.05) is 44.9 Å². The van der Waals surface area contributed by atoms with Gasteiger partial charge in [0.1, 0.15) is 18.1 Å². The van der Waals surface area contributed by atoms with Crippen LogP contribution in [0, 0.1) is 0 Å². The number of urea groups is 1. The fraction of sp³-hybridized carbons (Fsp3) is 0.350. The zero-order valence-electron chi connectivity index (χ0n) is 16.8. The lowest BCUT2D eigenvalue weighted by Gasteiger charge is -2.25. The number of hydrazine groups is 1. The summed E-state index contributed by atoms with van der Waals surface area (Å²) in [4.78, 5) is 32.4. The molecular formula is C20H25N5O4S. The van der Waals surface area contributed by atoms with E-state index in [0.29, 0.717) is 26.4 Å². The number of hydrogen-bond acceptors (Lipinski definition) is 7. The number of amides is 3. The van der Waals surface area contributed by atoms with Gasteiger partial charge in [-0.3, -0.25) is 10.2 Å². The van der Waals surface area contributed by atoms with Gasteiger partial charge in [0.05, 0.1) is 13.2 Å². The second kappa shape index (κ2) is 10.6. The molecule has 9 nitrogen and oxygen atoms in total. The number of carbonyl (C=O) groups is 2. The smallest absolute Gasteiger partial charge is 0.336 e. The number of anilines is 1. The molecule has 0 radical (unpaired) electrons. The molecule has 1 fully saturated rings. The summed E-state index contributed by atoms with van der Waals surface area (Å²) in [5, 5.41) is 2.44. The van der Waals surface area contributed by atoms with Crippen molar-refractivity contribution in [3.63, 3.8) is 0 Å². The van der Waals surface area contributed by atoms with E-state index >= 15 is 0 Å². The second-order valence-electron chi connectivity index (χ2n) is 6.60. The van der Waals surface area contributed by atoms with Crippen LogP contribution in [-0.2, 0) is 11.3 Å².